The van der Waals surface area contributed by atoms with Crippen molar-refractivity contribution in [1.29, 1.82) is 0 Å². The Morgan fingerprint density at radius 3 is 2.71 bits per heavy atom. The van der Waals surface area contributed by atoms with Gasteiger partial charge in [0.1, 0.15) is 6.54 Å². The van der Waals surface area contributed by atoms with E-state index in [9.17, 15) is 9.59 Å². The van der Waals surface area contributed by atoms with Crippen LogP contribution in [0.5, 0.6) is 0 Å². The first-order chi connectivity index (χ1) is 10.1. The molecule has 1 amide bonds. The van der Waals surface area contributed by atoms with Crippen LogP contribution >= 0.6 is 0 Å². The summed E-state index contributed by atoms with van der Waals surface area (Å²) in [6.45, 7) is 0.584. The lowest BCUT2D eigenvalue weighted by atomic mass is 10.1. The molecular formula is C15H13N3O3. The molecule has 0 saturated heterocycles. The summed E-state index contributed by atoms with van der Waals surface area (Å²) in [6, 6.07) is 6.43. The van der Waals surface area contributed by atoms with Gasteiger partial charge in [-0.25, -0.2) is 9.80 Å². The van der Waals surface area contributed by atoms with Crippen LogP contribution in [-0.4, -0.2) is 39.3 Å². The minimum absolute atomic E-state index is 0.0963. The van der Waals surface area contributed by atoms with Gasteiger partial charge in [-0.05, 0) is 29.8 Å². The molecule has 0 saturated carbocycles. The molecule has 0 aliphatic carbocycles. The van der Waals surface area contributed by atoms with Crippen LogP contribution in [0, 0.1) is 0 Å². The van der Waals surface area contributed by atoms with Crippen molar-refractivity contribution >= 4 is 17.7 Å². The molecule has 0 spiro atoms. The van der Waals surface area contributed by atoms with Crippen molar-refractivity contribution in [1.82, 2.24) is 9.91 Å². The normalized spacial score (nSPS) is 16.8. The van der Waals surface area contributed by atoms with Gasteiger partial charge in [0.25, 0.3) is 5.91 Å². The van der Waals surface area contributed by atoms with E-state index in [1.165, 1.54) is 17.1 Å². The summed E-state index contributed by atoms with van der Waals surface area (Å²) in [4.78, 5) is 24.6. The second kappa shape index (κ2) is 5.24. The molecular weight excluding hydrogens is 270 g/mol. The Labute approximate surface area is 121 Å². The second-order valence-electron chi connectivity index (χ2n) is 4.74. The standard InChI is InChI=1S/C15H13N3O3/c19-14-10-17-8-2-1-3-13(17)16-18(14)9-11-4-6-12(7-5-11)15(20)21/h1-8H,9-10H2,(H,20,21). The summed E-state index contributed by atoms with van der Waals surface area (Å²) >= 11 is 0. The number of carbonyl (C=O) groups is 2. The minimum Gasteiger partial charge on any atom is -0.478 e. The number of fused-ring (bicyclic) bond motifs is 1. The van der Waals surface area contributed by atoms with Crippen molar-refractivity contribution in [2.45, 2.75) is 6.54 Å². The van der Waals surface area contributed by atoms with E-state index >= 15 is 0 Å². The van der Waals surface area contributed by atoms with E-state index < -0.39 is 5.97 Å². The van der Waals surface area contributed by atoms with Crippen LogP contribution in [-0.2, 0) is 11.3 Å². The van der Waals surface area contributed by atoms with Crippen molar-refractivity contribution in [3.8, 4) is 0 Å². The van der Waals surface area contributed by atoms with E-state index in [1.54, 1.807) is 17.0 Å². The number of hydrazone groups is 1. The number of allylic oxidation sites excluding steroid dienone is 2. The summed E-state index contributed by atoms with van der Waals surface area (Å²) in [5.41, 5.74) is 1.06. The summed E-state index contributed by atoms with van der Waals surface area (Å²) in [6.07, 6.45) is 7.38. The highest BCUT2D eigenvalue weighted by Gasteiger charge is 2.24. The highest BCUT2D eigenvalue weighted by Crippen LogP contribution is 2.15. The third kappa shape index (κ3) is 2.69. The lowest BCUT2D eigenvalue weighted by Crippen LogP contribution is -2.44. The Balaban J connectivity index is 1.78. The summed E-state index contributed by atoms with van der Waals surface area (Å²) in [5.74, 6) is -0.342. The molecule has 0 unspecified atom stereocenters. The molecule has 0 aromatic heterocycles. The van der Waals surface area contributed by atoms with Crippen molar-refractivity contribution in [3.63, 3.8) is 0 Å². The summed E-state index contributed by atoms with van der Waals surface area (Å²) in [5, 5.41) is 14.6. The predicted octanol–water partition coefficient (Wildman–Crippen LogP) is 1.43. The number of hydrogen-bond acceptors (Lipinski definition) is 4. The van der Waals surface area contributed by atoms with Gasteiger partial charge in [-0.2, -0.15) is 5.10 Å². The Bertz CT molecular complexity index is 674. The number of rotatable bonds is 3. The number of benzene rings is 1. The van der Waals surface area contributed by atoms with Gasteiger partial charge >= 0.3 is 5.97 Å². The first-order valence-corrected chi connectivity index (χ1v) is 6.46. The smallest absolute Gasteiger partial charge is 0.335 e. The molecule has 1 aromatic carbocycles. The molecule has 0 bridgehead atoms. The Hall–Kier alpha value is -2.89. The van der Waals surface area contributed by atoms with E-state index in [4.69, 9.17) is 5.11 Å². The fourth-order valence-electron chi connectivity index (χ4n) is 2.15. The molecule has 21 heavy (non-hydrogen) atoms. The Morgan fingerprint density at radius 2 is 2.00 bits per heavy atom. The fourth-order valence-corrected chi connectivity index (χ4v) is 2.15. The van der Waals surface area contributed by atoms with E-state index in [-0.39, 0.29) is 18.0 Å². The zero-order valence-corrected chi connectivity index (χ0v) is 11.1. The van der Waals surface area contributed by atoms with Gasteiger partial charge in [0.2, 0.25) is 0 Å². The number of hydrogen-bond donors (Lipinski definition) is 1. The fraction of sp³-hybridized carbons (Fsp3) is 0.133. The molecule has 3 rings (SSSR count). The average molecular weight is 283 g/mol. The zero-order chi connectivity index (χ0) is 14.8. The van der Waals surface area contributed by atoms with Gasteiger partial charge in [-0.1, -0.05) is 18.2 Å². The Morgan fingerprint density at radius 1 is 1.24 bits per heavy atom. The first-order valence-electron chi connectivity index (χ1n) is 6.46. The van der Waals surface area contributed by atoms with Gasteiger partial charge in [0, 0.05) is 6.20 Å². The van der Waals surface area contributed by atoms with Crippen LogP contribution in [0.1, 0.15) is 15.9 Å². The van der Waals surface area contributed by atoms with Crippen LogP contribution in [0.3, 0.4) is 0 Å². The molecule has 1 aromatic rings. The third-order valence-electron chi connectivity index (χ3n) is 3.27. The molecule has 2 aliphatic heterocycles. The van der Waals surface area contributed by atoms with Crippen LogP contribution < -0.4 is 0 Å². The molecule has 2 heterocycles. The monoisotopic (exact) mass is 283 g/mol. The number of amidine groups is 1. The lowest BCUT2D eigenvalue weighted by molar-refractivity contribution is -0.132. The maximum atomic E-state index is 12.1. The number of aromatic carboxylic acids is 1. The quantitative estimate of drug-likeness (QED) is 0.910. The van der Waals surface area contributed by atoms with E-state index in [0.717, 1.165) is 11.4 Å². The van der Waals surface area contributed by atoms with Crippen molar-refractivity contribution in [2.75, 3.05) is 6.54 Å². The van der Waals surface area contributed by atoms with E-state index in [2.05, 4.69) is 5.10 Å². The zero-order valence-electron chi connectivity index (χ0n) is 11.1. The first kappa shape index (κ1) is 13.1. The molecule has 6 nitrogen and oxygen atoms in total. The highest BCUT2D eigenvalue weighted by molar-refractivity contribution is 6.00. The number of carbonyl (C=O) groups excluding carboxylic acids is 1. The largest absolute Gasteiger partial charge is 0.478 e. The van der Waals surface area contributed by atoms with Gasteiger partial charge in [-0.15, -0.1) is 0 Å². The average Bonchev–Trinajstić information content (AvgIpc) is 2.48. The molecule has 0 radical (unpaired) electrons. The van der Waals surface area contributed by atoms with Gasteiger partial charge < -0.3 is 10.0 Å². The van der Waals surface area contributed by atoms with Crippen LogP contribution in [0.15, 0.2) is 53.8 Å². The highest BCUT2D eigenvalue weighted by atomic mass is 16.4. The second-order valence-corrected chi connectivity index (χ2v) is 4.74. The number of carboxylic acids is 1. The van der Waals surface area contributed by atoms with Gasteiger partial charge in [-0.3, -0.25) is 4.79 Å². The molecule has 2 aliphatic rings. The molecule has 0 atom stereocenters. The van der Waals surface area contributed by atoms with Crippen molar-refractivity contribution in [2.24, 2.45) is 5.10 Å². The number of amides is 1. The maximum absolute atomic E-state index is 12.1. The predicted molar refractivity (Wildman–Crippen MR) is 76.4 cm³/mol. The Kier molecular flexibility index (Phi) is 3.27. The molecule has 6 heteroatoms. The van der Waals surface area contributed by atoms with Gasteiger partial charge in [0.15, 0.2) is 5.84 Å². The molecule has 0 fully saturated rings. The summed E-state index contributed by atoms with van der Waals surface area (Å²) < 4.78 is 0. The van der Waals surface area contributed by atoms with E-state index in [0.29, 0.717) is 6.54 Å². The lowest BCUT2D eigenvalue weighted by Gasteiger charge is -2.31. The van der Waals surface area contributed by atoms with Crippen molar-refractivity contribution in [3.05, 3.63) is 59.8 Å². The topological polar surface area (TPSA) is 73.2 Å². The minimum atomic E-state index is -0.967. The molecule has 1 N–H and O–H groups in total. The van der Waals surface area contributed by atoms with E-state index in [1.807, 2.05) is 24.4 Å². The SMILES string of the molecule is O=C(O)c1ccc(CN2N=C3C=CC=CN3CC2=O)cc1. The third-order valence-corrected chi connectivity index (χ3v) is 3.27. The maximum Gasteiger partial charge on any atom is 0.335 e. The summed E-state index contributed by atoms with van der Waals surface area (Å²) in [7, 11) is 0. The number of nitrogens with zero attached hydrogens (tertiary/aromatic N) is 3. The molecule has 106 valence electrons. The van der Waals surface area contributed by atoms with Crippen LogP contribution in [0.25, 0.3) is 0 Å². The van der Waals surface area contributed by atoms with Crippen LogP contribution in [0.4, 0.5) is 0 Å². The van der Waals surface area contributed by atoms with Crippen molar-refractivity contribution < 1.29 is 14.7 Å². The van der Waals surface area contributed by atoms with Crippen LogP contribution in [0.2, 0.25) is 0 Å². The van der Waals surface area contributed by atoms with Gasteiger partial charge in [0.05, 0.1) is 12.1 Å². The number of carboxylic acid groups (broad SMARTS) is 1.